The van der Waals surface area contributed by atoms with Crippen molar-refractivity contribution >= 4 is 0 Å². The highest BCUT2D eigenvalue weighted by Crippen LogP contribution is 2.27. The van der Waals surface area contributed by atoms with Crippen molar-refractivity contribution in [3.8, 4) is 0 Å². The van der Waals surface area contributed by atoms with Crippen molar-refractivity contribution in [3.63, 3.8) is 0 Å². The van der Waals surface area contributed by atoms with E-state index in [0.29, 0.717) is 12.1 Å². The van der Waals surface area contributed by atoms with Crippen molar-refractivity contribution < 1.29 is 4.39 Å². The zero-order valence-electron chi connectivity index (χ0n) is 12.9. The van der Waals surface area contributed by atoms with Gasteiger partial charge in [-0.1, -0.05) is 12.1 Å². The third-order valence-electron chi connectivity index (χ3n) is 4.49. The number of hydrogen-bond acceptors (Lipinski definition) is 3. The number of benzene rings is 1. The van der Waals surface area contributed by atoms with E-state index in [1.807, 2.05) is 19.1 Å². The van der Waals surface area contributed by atoms with Gasteiger partial charge in [-0.2, -0.15) is 0 Å². The molecule has 0 spiro atoms. The fourth-order valence-corrected chi connectivity index (χ4v) is 3.18. The number of nitrogens with two attached hydrogens (primary N) is 1. The monoisotopic (exact) mass is 279 g/mol. The van der Waals surface area contributed by atoms with Gasteiger partial charge in [0.05, 0.1) is 0 Å². The highest BCUT2D eigenvalue weighted by atomic mass is 19.1. The molecule has 0 aromatic heterocycles. The first-order chi connectivity index (χ1) is 9.40. The predicted molar refractivity (Wildman–Crippen MR) is 81.1 cm³/mol. The summed E-state index contributed by atoms with van der Waals surface area (Å²) >= 11 is 0. The van der Waals surface area contributed by atoms with E-state index < -0.39 is 0 Å². The molecule has 0 bridgehead atoms. The lowest BCUT2D eigenvalue weighted by Crippen LogP contribution is -2.57. The highest BCUT2D eigenvalue weighted by molar-refractivity contribution is 5.22. The lowest BCUT2D eigenvalue weighted by molar-refractivity contribution is 0.0274. The molecule has 0 radical (unpaired) electrons. The van der Waals surface area contributed by atoms with Gasteiger partial charge >= 0.3 is 0 Å². The summed E-state index contributed by atoms with van der Waals surface area (Å²) in [6, 6.07) is 7.92. The van der Waals surface area contributed by atoms with E-state index in [9.17, 15) is 4.39 Å². The highest BCUT2D eigenvalue weighted by Gasteiger charge is 2.32. The smallest absolute Gasteiger partial charge is 0.123 e. The molecule has 2 N–H and O–H groups in total. The van der Waals surface area contributed by atoms with Crippen LogP contribution in [0.15, 0.2) is 24.3 Å². The third kappa shape index (κ3) is 3.19. The molecule has 4 unspecified atom stereocenters. The minimum Gasteiger partial charge on any atom is -0.326 e. The van der Waals surface area contributed by atoms with Crippen LogP contribution < -0.4 is 5.73 Å². The molecule has 1 aliphatic rings. The van der Waals surface area contributed by atoms with Crippen LogP contribution in [0.5, 0.6) is 0 Å². The molecule has 1 aromatic rings. The molecule has 0 amide bonds. The quantitative estimate of drug-likeness (QED) is 0.921. The van der Waals surface area contributed by atoms with Crippen LogP contribution in [0.25, 0.3) is 0 Å². The number of piperazine rings is 1. The second kappa shape index (κ2) is 6.20. The van der Waals surface area contributed by atoms with E-state index in [0.717, 1.165) is 18.7 Å². The lowest BCUT2D eigenvalue weighted by Gasteiger charge is -2.46. The Kier molecular flexibility index (Phi) is 4.78. The van der Waals surface area contributed by atoms with Gasteiger partial charge < -0.3 is 5.73 Å². The summed E-state index contributed by atoms with van der Waals surface area (Å²) in [4.78, 5) is 4.84. The zero-order chi connectivity index (χ0) is 14.9. The van der Waals surface area contributed by atoms with Crippen molar-refractivity contribution in [2.45, 2.75) is 44.9 Å². The fraction of sp³-hybridized carbons (Fsp3) is 0.625. The van der Waals surface area contributed by atoms with Gasteiger partial charge in [0, 0.05) is 37.3 Å². The van der Waals surface area contributed by atoms with Crippen LogP contribution in [0.2, 0.25) is 0 Å². The largest absolute Gasteiger partial charge is 0.326 e. The number of halogens is 1. The maximum Gasteiger partial charge on any atom is 0.123 e. The molecule has 112 valence electrons. The SMILES string of the molecule is CC(N)C(c1ccc(F)cc1)N1CC(C)N(C)C(C)C1. The number of rotatable bonds is 3. The molecule has 1 saturated heterocycles. The molecule has 1 aromatic carbocycles. The summed E-state index contributed by atoms with van der Waals surface area (Å²) < 4.78 is 13.1. The van der Waals surface area contributed by atoms with E-state index in [1.54, 1.807) is 0 Å². The van der Waals surface area contributed by atoms with Crippen LogP contribution >= 0.6 is 0 Å². The van der Waals surface area contributed by atoms with E-state index in [-0.39, 0.29) is 17.9 Å². The summed E-state index contributed by atoms with van der Waals surface area (Å²) in [5, 5.41) is 0. The van der Waals surface area contributed by atoms with E-state index in [4.69, 9.17) is 5.73 Å². The van der Waals surface area contributed by atoms with E-state index in [2.05, 4.69) is 30.7 Å². The first-order valence-electron chi connectivity index (χ1n) is 7.37. The first-order valence-corrected chi connectivity index (χ1v) is 7.37. The maximum atomic E-state index is 13.1. The minimum absolute atomic E-state index is 0.0169. The van der Waals surface area contributed by atoms with Crippen molar-refractivity contribution in [1.82, 2.24) is 9.80 Å². The molecule has 4 atom stereocenters. The van der Waals surface area contributed by atoms with Gasteiger partial charge in [-0.05, 0) is 45.5 Å². The summed E-state index contributed by atoms with van der Waals surface area (Å²) in [5.41, 5.74) is 7.32. The summed E-state index contributed by atoms with van der Waals surface area (Å²) in [6.07, 6.45) is 0. The number of hydrogen-bond donors (Lipinski definition) is 1. The molecule has 2 rings (SSSR count). The fourth-order valence-electron chi connectivity index (χ4n) is 3.18. The molecule has 3 nitrogen and oxygen atoms in total. The van der Waals surface area contributed by atoms with Crippen LogP contribution in [0, 0.1) is 5.82 Å². The lowest BCUT2D eigenvalue weighted by atomic mass is 9.96. The standard InChI is InChI=1S/C16H26FN3/c1-11-9-20(10-12(2)19(11)4)16(13(3)18)14-5-7-15(17)8-6-14/h5-8,11-13,16H,9-10,18H2,1-4H3. The van der Waals surface area contributed by atoms with Gasteiger partial charge in [0.2, 0.25) is 0 Å². The Morgan fingerprint density at radius 3 is 2.10 bits per heavy atom. The Morgan fingerprint density at radius 2 is 1.65 bits per heavy atom. The zero-order valence-corrected chi connectivity index (χ0v) is 12.9. The molecule has 20 heavy (non-hydrogen) atoms. The predicted octanol–water partition coefficient (Wildman–Crippen LogP) is 2.24. The van der Waals surface area contributed by atoms with Gasteiger partial charge in [0.1, 0.15) is 5.82 Å². The van der Waals surface area contributed by atoms with Gasteiger partial charge in [0.25, 0.3) is 0 Å². The van der Waals surface area contributed by atoms with Crippen LogP contribution in [0.1, 0.15) is 32.4 Å². The van der Waals surface area contributed by atoms with Gasteiger partial charge in [-0.15, -0.1) is 0 Å². The summed E-state index contributed by atoms with van der Waals surface area (Å²) in [5.74, 6) is -0.197. The molecule has 0 saturated carbocycles. The number of nitrogens with zero attached hydrogens (tertiary/aromatic N) is 2. The second-order valence-electron chi connectivity index (χ2n) is 6.17. The molecular weight excluding hydrogens is 253 g/mol. The number of likely N-dealkylation sites (N-methyl/N-ethyl adjacent to an activating group) is 1. The Labute approximate surface area is 121 Å². The van der Waals surface area contributed by atoms with Gasteiger partial charge in [-0.25, -0.2) is 4.39 Å². The van der Waals surface area contributed by atoms with Crippen molar-refractivity contribution in [2.24, 2.45) is 5.73 Å². The summed E-state index contributed by atoms with van der Waals surface area (Å²) in [7, 11) is 2.17. The van der Waals surface area contributed by atoms with E-state index >= 15 is 0 Å². The van der Waals surface area contributed by atoms with Crippen molar-refractivity contribution in [3.05, 3.63) is 35.6 Å². The molecule has 1 fully saturated rings. The molecule has 1 aliphatic heterocycles. The maximum absolute atomic E-state index is 13.1. The van der Waals surface area contributed by atoms with E-state index in [1.165, 1.54) is 12.1 Å². The minimum atomic E-state index is -0.197. The van der Waals surface area contributed by atoms with Crippen LogP contribution in [-0.2, 0) is 0 Å². The van der Waals surface area contributed by atoms with Crippen LogP contribution in [0.4, 0.5) is 4.39 Å². The topological polar surface area (TPSA) is 32.5 Å². The normalized spacial score (nSPS) is 28.3. The van der Waals surface area contributed by atoms with Crippen molar-refractivity contribution in [2.75, 3.05) is 20.1 Å². The Hall–Kier alpha value is -0.970. The Bertz CT molecular complexity index is 420. The van der Waals surface area contributed by atoms with Gasteiger partial charge in [-0.3, -0.25) is 9.80 Å². The Balaban J connectivity index is 2.23. The van der Waals surface area contributed by atoms with Crippen LogP contribution in [-0.4, -0.2) is 48.1 Å². The van der Waals surface area contributed by atoms with Crippen LogP contribution in [0.3, 0.4) is 0 Å². The molecule has 1 heterocycles. The first kappa shape index (κ1) is 15.4. The average molecular weight is 279 g/mol. The second-order valence-corrected chi connectivity index (χ2v) is 6.17. The third-order valence-corrected chi connectivity index (χ3v) is 4.49. The molecule has 0 aliphatic carbocycles. The van der Waals surface area contributed by atoms with Gasteiger partial charge in [0.15, 0.2) is 0 Å². The summed E-state index contributed by atoms with van der Waals surface area (Å²) in [6.45, 7) is 8.49. The molecule has 4 heteroatoms. The Morgan fingerprint density at radius 1 is 1.15 bits per heavy atom. The average Bonchev–Trinajstić information content (AvgIpc) is 2.38. The molecular formula is C16H26FN3. The van der Waals surface area contributed by atoms with Crippen molar-refractivity contribution in [1.29, 1.82) is 0 Å².